The average molecular weight is 450 g/mol. The Morgan fingerprint density at radius 3 is 2.12 bits per heavy atom. The Labute approximate surface area is 191 Å². The quantitative estimate of drug-likeness (QED) is 0.381. The first-order valence-corrected chi connectivity index (χ1v) is 11.0. The van der Waals surface area contributed by atoms with Crippen LogP contribution in [0.4, 0.5) is 11.4 Å². The highest BCUT2D eigenvalue weighted by Gasteiger charge is 2.35. The molecule has 0 spiro atoms. The lowest BCUT2D eigenvalue weighted by molar-refractivity contribution is -0.384. The summed E-state index contributed by atoms with van der Waals surface area (Å²) in [6.07, 6.45) is 1.89. The van der Waals surface area contributed by atoms with E-state index in [2.05, 4.69) is 0 Å². The van der Waals surface area contributed by atoms with Crippen molar-refractivity contribution in [2.45, 2.75) is 12.8 Å². The molecule has 2 aliphatic rings. The number of anilines is 1. The van der Waals surface area contributed by atoms with Crippen molar-refractivity contribution in [1.82, 2.24) is 9.80 Å². The number of benzene rings is 2. The highest BCUT2D eigenvalue weighted by molar-refractivity contribution is 6.15. The van der Waals surface area contributed by atoms with Crippen LogP contribution in [0, 0.1) is 16.0 Å². The van der Waals surface area contributed by atoms with Crippen LogP contribution in [0.5, 0.6) is 0 Å². The SMILES string of the molecule is CN(C)c1ccc(C(=O)c2ccccc2C(=O)N2CCN(C(=O)C3CC3)CC2)cc1[N+](=O)[O-]. The number of carbonyl (C=O) groups is 3. The van der Waals surface area contributed by atoms with E-state index in [0.29, 0.717) is 31.9 Å². The molecule has 1 aliphatic heterocycles. The molecule has 0 aromatic heterocycles. The summed E-state index contributed by atoms with van der Waals surface area (Å²) in [7, 11) is 3.38. The Morgan fingerprint density at radius 1 is 0.939 bits per heavy atom. The Bertz CT molecular complexity index is 1120. The van der Waals surface area contributed by atoms with Gasteiger partial charge in [-0.3, -0.25) is 24.5 Å². The Balaban J connectivity index is 1.56. The maximum absolute atomic E-state index is 13.3. The predicted molar refractivity (Wildman–Crippen MR) is 123 cm³/mol. The maximum Gasteiger partial charge on any atom is 0.293 e. The Kier molecular flexibility index (Phi) is 6.13. The van der Waals surface area contributed by atoms with Crippen molar-refractivity contribution in [2.24, 2.45) is 5.92 Å². The van der Waals surface area contributed by atoms with Gasteiger partial charge in [0.05, 0.1) is 10.5 Å². The van der Waals surface area contributed by atoms with Crippen LogP contribution in [-0.2, 0) is 4.79 Å². The third-order valence-electron chi connectivity index (χ3n) is 6.12. The van der Waals surface area contributed by atoms with Gasteiger partial charge in [0.2, 0.25) is 5.91 Å². The lowest BCUT2D eigenvalue weighted by Gasteiger charge is -2.35. The molecule has 0 bridgehead atoms. The van der Waals surface area contributed by atoms with Crippen molar-refractivity contribution in [1.29, 1.82) is 0 Å². The Hall–Kier alpha value is -3.75. The van der Waals surface area contributed by atoms with Gasteiger partial charge >= 0.3 is 0 Å². The molecule has 1 heterocycles. The van der Waals surface area contributed by atoms with E-state index in [1.165, 1.54) is 18.2 Å². The van der Waals surface area contributed by atoms with E-state index in [-0.39, 0.29) is 40.1 Å². The molecule has 0 atom stereocenters. The minimum absolute atomic E-state index is 0.146. The van der Waals surface area contributed by atoms with Gasteiger partial charge in [-0.25, -0.2) is 0 Å². The average Bonchev–Trinajstić information content (AvgIpc) is 3.68. The molecule has 9 nitrogen and oxygen atoms in total. The van der Waals surface area contributed by atoms with Gasteiger partial charge in [-0.2, -0.15) is 0 Å². The number of amides is 2. The summed E-state index contributed by atoms with van der Waals surface area (Å²) in [4.78, 5) is 54.9. The molecule has 1 saturated carbocycles. The number of ketones is 1. The van der Waals surface area contributed by atoms with Crippen molar-refractivity contribution < 1.29 is 19.3 Å². The third kappa shape index (κ3) is 4.57. The van der Waals surface area contributed by atoms with Gasteiger partial charge in [0.15, 0.2) is 5.78 Å². The smallest absolute Gasteiger partial charge is 0.293 e. The fourth-order valence-corrected chi connectivity index (χ4v) is 4.10. The first-order valence-electron chi connectivity index (χ1n) is 11.0. The second kappa shape index (κ2) is 9.01. The second-order valence-corrected chi connectivity index (χ2v) is 8.62. The largest absolute Gasteiger partial charge is 0.372 e. The minimum Gasteiger partial charge on any atom is -0.372 e. The first kappa shape index (κ1) is 22.4. The van der Waals surface area contributed by atoms with E-state index in [9.17, 15) is 24.5 Å². The van der Waals surface area contributed by atoms with E-state index < -0.39 is 10.7 Å². The molecule has 2 aromatic rings. The molecule has 0 N–H and O–H groups in total. The molecule has 9 heteroatoms. The predicted octanol–water partition coefficient (Wildman–Crippen LogP) is 2.59. The van der Waals surface area contributed by atoms with Crippen molar-refractivity contribution in [3.05, 3.63) is 69.3 Å². The number of piperazine rings is 1. The molecule has 33 heavy (non-hydrogen) atoms. The highest BCUT2D eigenvalue weighted by Crippen LogP contribution is 2.32. The van der Waals surface area contributed by atoms with Crippen LogP contribution in [0.25, 0.3) is 0 Å². The van der Waals surface area contributed by atoms with Crippen molar-refractivity contribution in [3.8, 4) is 0 Å². The topological polar surface area (TPSA) is 104 Å². The number of carbonyl (C=O) groups excluding carboxylic acids is 3. The summed E-state index contributed by atoms with van der Waals surface area (Å²) in [6.45, 7) is 1.77. The zero-order valence-corrected chi connectivity index (χ0v) is 18.7. The molecule has 1 aliphatic carbocycles. The van der Waals surface area contributed by atoms with Crippen molar-refractivity contribution in [3.63, 3.8) is 0 Å². The minimum atomic E-state index is -0.522. The van der Waals surface area contributed by atoms with E-state index in [1.807, 2.05) is 4.90 Å². The number of nitrogens with zero attached hydrogens (tertiary/aromatic N) is 4. The summed E-state index contributed by atoms with van der Waals surface area (Å²) in [5, 5.41) is 11.5. The highest BCUT2D eigenvalue weighted by atomic mass is 16.6. The molecule has 1 saturated heterocycles. The van der Waals surface area contributed by atoms with Crippen LogP contribution >= 0.6 is 0 Å². The van der Waals surface area contributed by atoms with Gasteiger partial charge in [0.1, 0.15) is 5.69 Å². The lowest BCUT2D eigenvalue weighted by atomic mass is 9.96. The molecule has 0 radical (unpaired) electrons. The normalized spacial score (nSPS) is 15.8. The molecule has 172 valence electrons. The molecule has 4 rings (SSSR count). The number of nitro benzene ring substituents is 1. The van der Waals surface area contributed by atoms with Gasteiger partial charge in [0.25, 0.3) is 11.6 Å². The Morgan fingerprint density at radius 2 is 1.55 bits per heavy atom. The molecular formula is C24H26N4O5. The second-order valence-electron chi connectivity index (χ2n) is 8.62. The fraction of sp³-hybridized carbons (Fsp3) is 0.375. The van der Waals surface area contributed by atoms with E-state index in [0.717, 1.165) is 12.8 Å². The van der Waals surface area contributed by atoms with Gasteiger partial charge in [-0.15, -0.1) is 0 Å². The molecule has 0 unspecified atom stereocenters. The standard InChI is InChI=1S/C24H26N4O5/c1-25(2)20-10-9-17(15-21(20)28(32)33)22(29)18-5-3-4-6-19(18)24(31)27-13-11-26(12-14-27)23(30)16-7-8-16/h3-6,9-10,15-16H,7-8,11-14H2,1-2H3. The third-order valence-corrected chi connectivity index (χ3v) is 6.12. The summed E-state index contributed by atoms with van der Waals surface area (Å²) < 4.78 is 0. The zero-order valence-electron chi connectivity index (χ0n) is 18.7. The number of nitro groups is 1. The molecular weight excluding hydrogens is 424 g/mol. The van der Waals surface area contributed by atoms with Crippen LogP contribution in [0.15, 0.2) is 42.5 Å². The van der Waals surface area contributed by atoms with Crippen LogP contribution in [0.2, 0.25) is 0 Å². The zero-order chi connectivity index (χ0) is 23.7. The van der Waals surface area contributed by atoms with E-state index in [1.54, 1.807) is 48.2 Å². The number of rotatable bonds is 6. The van der Waals surface area contributed by atoms with Crippen LogP contribution in [0.1, 0.15) is 39.1 Å². The number of hydrogen-bond donors (Lipinski definition) is 0. The lowest BCUT2D eigenvalue weighted by Crippen LogP contribution is -2.51. The number of hydrogen-bond acceptors (Lipinski definition) is 6. The molecule has 2 aromatic carbocycles. The monoisotopic (exact) mass is 450 g/mol. The van der Waals surface area contributed by atoms with Gasteiger partial charge in [-0.05, 0) is 31.0 Å². The fourth-order valence-electron chi connectivity index (χ4n) is 4.10. The van der Waals surface area contributed by atoms with Crippen LogP contribution in [0.3, 0.4) is 0 Å². The summed E-state index contributed by atoms with van der Waals surface area (Å²) >= 11 is 0. The van der Waals surface area contributed by atoms with Gasteiger partial charge in [-0.1, -0.05) is 18.2 Å². The van der Waals surface area contributed by atoms with Crippen molar-refractivity contribution in [2.75, 3.05) is 45.2 Å². The van der Waals surface area contributed by atoms with Crippen LogP contribution < -0.4 is 4.90 Å². The van der Waals surface area contributed by atoms with Gasteiger partial charge in [0, 0.05) is 63.4 Å². The molecule has 2 fully saturated rings. The van der Waals surface area contributed by atoms with E-state index in [4.69, 9.17) is 0 Å². The maximum atomic E-state index is 13.3. The van der Waals surface area contributed by atoms with Crippen molar-refractivity contribution >= 4 is 29.0 Å². The van der Waals surface area contributed by atoms with Gasteiger partial charge < -0.3 is 14.7 Å². The molecule has 2 amide bonds. The van der Waals surface area contributed by atoms with E-state index >= 15 is 0 Å². The summed E-state index contributed by atoms with van der Waals surface area (Å²) in [5.41, 5.74) is 0.813. The summed E-state index contributed by atoms with van der Waals surface area (Å²) in [6, 6.07) is 10.8. The van der Waals surface area contributed by atoms with Crippen LogP contribution in [-0.4, -0.2) is 72.6 Å². The first-order chi connectivity index (χ1) is 15.8. The summed E-state index contributed by atoms with van der Waals surface area (Å²) in [5.74, 6) is -0.416.